The van der Waals surface area contributed by atoms with E-state index in [0.29, 0.717) is 17.1 Å². The fourth-order valence-corrected chi connectivity index (χ4v) is 2.42. The summed E-state index contributed by atoms with van der Waals surface area (Å²) in [6.45, 7) is 3.45. The molecule has 0 aliphatic carbocycles. The second-order valence-corrected chi connectivity index (χ2v) is 5.61. The average Bonchev–Trinajstić information content (AvgIpc) is 2.75. The molecular weight excluding hydrogens is 306 g/mol. The van der Waals surface area contributed by atoms with Gasteiger partial charge in [-0.15, -0.1) is 0 Å². The van der Waals surface area contributed by atoms with Crippen LogP contribution in [0.5, 0.6) is 0 Å². The lowest BCUT2D eigenvalue weighted by atomic mass is 10.1. The summed E-state index contributed by atoms with van der Waals surface area (Å²) in [5, 5.41) is 5.82. The van der Waals surface area contributed by atoms with E-state index in [1.54, 1.807) is 24.3 Å². The van der Waals surface area contributed by atoms with Gasteiger partial charge in [-0.3, -0.25) is 14.5 Å². The van der Waals surface area contributed by atoms with Crippen LogP contribution in [-0.2, 0) is 9.59 Å². The highest BCUT2D eigenvalue weighted by atomic mass is 35.5. The van der Waals surface area contributed by atoms with Gasteiger partial charge in [0.2, 0.25) is 5.91 Å². The van der Waals surface area contributed by atoms with E-state index in [1.807, 2.05) is 6.92 Å². The first-order valence-corrected chi connectivity index (χ1v) is 7.51. The molecule has 2 atom stereocenters. The predicted molar refractivity (Wildman–Crippen MR) is 83.6 cm³/mol. The van der Waals surface area contributed by atoms with Crippen LogP contribution in [0.3, 0.4) is 0 Å². The largest absolute Gasteiger partial charge is 0.326 e. The van der Waals surface area contributed by atoms with Crippen molar-refractivity contribution in [3.05, 3.63) is 29.3 Å². The van der Waals surface area contributed by atoms with E-state index >= 15 is 0 Å². The molecule has 0 bridgehead atoms. The van der Waals surface area contributed by atoms with E-state index in [1.165, 1.54) is 6.92 Å². The number of amides is 4. The van der Waals surface area contributed by atoms with Crippen LogP contribution in [0.2, 0.25) is 5.02 Å². The highest BCUT2D eigenvalue weighted by molar-refractivity contribution is 6.30. The normalized spacial score (nSPS) is 19.0. The van der Waals surface area contributed by atoms with Crippen LogP contribution in [-0.4, -0.2) is 34.8 Å². The minimum Gasteiger partial charge on any atom is -0.326 e. The van der Waals surface area contributed by atoms with E-state index in [4.69, 9.17) is 11.6 Å². The molecule has 2 N–H and O–H groups in total. The van der Waals surface area contributed by atoms with Crippen LogP contribution in [0, 0.1) is 0 Å². The summed E-state index contributed by atoms with van der Waals surface area (Å²) >= 11 is 5.78. The standard InChI is InChI=1S/C15H18ClN3O3/c1-3-4-12-14(21)19(15(22)18-12)9(2)13(20)17-11-7-5-10(16)6-8-11/h5-9,12H,3-4H2,1-2H3,(H,17,20)(H,18,22). The molecule has 6 nitrogen and oxygen atoms in total. The summed E-state index contributed by atoms with van der Waals surface area (Å²) in [5.74, 6) is -0.784. The Hall–Kier alpha value is -2.08. The molecule has 2 unspecified atom stereocenters. The Morgan fingerprint density at radius 3 is 2.59 bits per heavy atom. The van der Waals surface area contributed by atoms with Crippen molar-refractivity contribution in [2.45, 2.75) is 38.8 Å². The van der Waals surface area contributed by atoms with Crippen molar-refractivity contribution >= 4 is 35.1 Å². The monoisotopic (exact) mass is 323 g/mol. The first-order valence-electron chi connectivity index (χ1n) is 7.14. The molecule has 1 saturated heterocycles. The van der Waals surface area contributed by atoms with Crippen molar-refractivity contribution in [2.75, 3.05) is 5.32 Å². The second-order valence-electron chi connectivity index (χ2n) is 5.17. The minimum atomic E-state index is -0.884. The van der Waals surface area contributed by atoms with Crippen molar-refractivity contribution < 1.29 is 14.4 Å². The smallest absolute Gasteiger partial charge is 0.325 e. The molecular formula is C15H18ClN3O3. The highest BCUT2D eigenvalue weighted by Crippen LogP contribution is 2.17. The Kier molecular flexibility index (Phi) is 5.03. The average molecular weight is 324 g/mol. The zero-order valence-electron chi connectivity index (χ0n) is 12.4. The summed E-state index contributed by atoms with van der Waals surface area (Å²) in [6, 6.07) is 4.65. The Morgan fingerprint density at radius 2 is 2.00 bits per heavy atom. The molecule has 1 aromatic carbocycles. The summed E-state index contributed by atoms with van der Waals surface area (Å²) < 4.78 is 0. The van der Waals surface area contributed by atoms with Crippen molar-refractivity contribution in [2.24, 2.45) is 0 Å². The topological polar surface area (TPSA) is 78.5 Å². The summed E-state index contributed by atoms with van der Waals surface area (Å²) in [5.41, 5.74) is 0.554. The number of rotatable bonds is 5. The maximum absolute atomic E-state index is 12.2. The fraction of sp³-hybridized carbons (Fsp3) is 0.400. The molecule has 4 amide bonds. The minimum absolute atomic E-state index is 0.356. The molecule has 2 rings (SSSR count). The number of hydrogen-bond donors (Lipinski definition) is 2. The number of nitrogens with zero attached hydrogens (tertiary/aromatic N) is 1. The van der Waals surface area contributed by atoms with Gasteiger partial charge < -0.3 is 10.6 Å². The Morgan fingerprint density at radius 1 is 1.36 bits per heavy atom. The third kappa shape index (κ3) is 3.39. The van der Waals surface area contributed by atoms with E-state index in [9.17, 15) is 14.4 Å². The van der Waals surface area contributed by atoms with Crippen LogP contribution in [0.15, 0.2) is 24.3 Å². The van der Waals surface area contributed by atoms with E-state index in [2.05, 4.69) is 10.6 Å². The number of halogens is 1. The number of carbonyl (C=O) groups is 3. The van der Waals surface area contributed by atoms with Gasteiger partial charge in [-0.05, 0) is 37.6 Å². The van der Waals surface area contributed by atoms with Gasteiger partial charge >= 0.3 is 6.03 Å². The number of carbonyl (C=O) groups excluding carboxylic acids is 3. The lowest BCUT2D eigenvalue weighted by Gasteiger charge is -2.20. The van der Waals surface area contributed by atoms with Gasteiger partial charge in [0, 0.05) is 10.7 Å². The fourth-order valence-electron chi connectivity index (χ4n) is 2.30. The van der Waals surface area contributed by atoms with Crippen LogP contribution in [0.4, 0.5) is 10.5 Å². The molecule has 0 saturated carbocycles. The predicted octanol–water partition coefficient (Wildman–Crippen LogP) is 2.39. The molecule has 0 aromatic heterocycles. The number of nitrogens with one attached hydrogen (secondary N) is 2. The lowest BCUT2D eigenvalue weighted by molar-refractivity contribution is -0.133. The van der Waals surface area contributed by atoms with Gasteiger partial charge in [0.1, 0.15) is 12.1 Å². The van der Waals surface area contributed by atoms with Crippen LogP contribution in [0.25, 0.3) is 0 Å². The van der Waals surface area contributed by atoms with Crippen molar-refractivity contribution in [3.8, 4) is 0 Å². The van der Waals surface area contributed by atoms with Crippen LogP contribution < -0.4 is 10.6 Å². The molecule has 7 heteroatoms. The second kappa shape index (κ2) is 6.79. The number of hydrogen-bond acceptors (Lipinski definition) is 3. The number of urea groups is 1. The van der Waals surface area contributed by atoms with E-state index < -0.39 is 24.0 Å². The first kappa shape index (κ1) is 16.3. The van der Waals surface area contributed by atoms with Gasteiger partial charge in [0.15, 0.2) is 0 Å². The van der Waals surface area contributed by atoms with Crippen molar-refractivity contribution in [1.29, 1.82) is 0 Å². The van der Waals surface area contributed by atoms with Crippen LogP contribution in [0.1, 0.15) is 26.7 Å². The molecule has 22 heavy (non-hydrogen) atoms. The molecule has 1 heterocycles. The number of anilines is 1. The Balaban J connectivity index is 2.05. The SMILES string of the molecule is CCCC1NC(=O)N(C(C)C(=O)Nc2ccc(Cl)cc2)C1=O. The maximum atomic E-state index is 12.2. The Bertz CT molecular complexity index is 588. The van der Waals surface area contributed by atoms with Gasteiger partial charge in [-0.2, -0.15) is 0 Å². The lowest BCUT2D eigenvalue weighted by Crippen LogP contribution is -2.46. The molecule has 1 aliphatic rings. The maximum Gasteiger partial charge on any atom is 0.325 e. The van der Waals surface area contributed by atoms with Gasteiger partial charge in [0.05, 0.1) is 0 Å². The number of imide groups is 1. The molecule has 1 fully saturated rings. The molecule has 0 spiro atoms. The van der Waals surface area contributed by atoms with Crippen molar-refractivity contribution in [3.63, 3.8) is 0 Å². The van der Waals surface area contributed by atoms with E-state index in [-0.39, 0.29) is 5.91 Å². The third-order valence-corrected chi connectivity index (χ3v) is 3.76. The van der Waals surface area contributed by atoms with Gasteiger partial charge in [-0.1, -0.05) is 24.9 Å². The van der Waals surface area contributed by atoms with E-state index in [0.717, 1.165) is 11.3 Å². The summed E-state index contributed by atoms with van der Waals surface area (Å²) in [6.07, 6.45) is 1.34. The zero-order valence-corrected chi connectivity index (χ0v) is 13.2. The summed E-state index contributed by atoms with van der Waals surface area (Å²) in [4.78, 5) is 37.3. The molecule has 118 valence electrons. The number of benzene rings is 1. The molecule has 1 aliphatic heterocycles. The quantitative estimate of drug-likeness (QED) is 0.817. The summed E-state index contributed by atoms with van der Waals surface area (Å²) in [7, 11) is 0. The zero-order chi connectivity index (χ0) is 16.3. The Labute approximate surface area is 133 Å². The first-order chi connectivity index (χ1) is 10.4. The molecule has 0 radical (unpaired) electrons. The van der Waals surface area contributed by atoms with Gasteiger partial charge in [0.25, 0.3) is 5.91 Å². The van der Waals surface area contributed by atoms with Crippen molar-refractivity contribution in [1.82, 2.24) is 10.2 Å². The molecule has 1 aromatic rings. The highest BCUT2D eigenvalue weighted by Gasteiger charge is 2.42. The third-order valence-electron chi connectivity index (χ3n) is 3.51. The van der Waals surface area contributed by atoms with Gasteiger partial charge in [-0.25, -0.2) is 4.79 Å². The van der Waals surface area contributed by atoms with Crippen LogP contribution >= 0.6 is 11.6 Å².